The van der Waals surface area contributed by atoms with E-state index in [1.165, 1.54) is 6.92 Å². The van der Waals surface area contributed by atoms with Gasteiger partial charge in [0.15, 0.2) is 11.3 Å². The van der Waals surface area contributed by atoms with Crippen LogP contribution in [0.25, 0.3) is 0 Å². The molecule has 2 N–H and O–H groups in total. The molecule has 0 aliphatic carbocycles. The van der Waals surface area contributed by atoms with Gasteiger partial charge in [-0.2, -0.15) is 4.39 Å². The van der Waals surface area contributed by atoms with Crippen LogP contribution in [-0.4, -0.2) is 63.2 Å². The van der Waals surface area contributed by atoms with E-state index in [0.29, 0.717) is 6.20 Å². The number of nitrogens with zero attached hydrogens (tertiary/aromatic N) is 1. The second-order valence-corrected chi connectivity index (χ2v) is 13.3. The molecule has 1 aromatic rings. The van der Waals surface area contributed by atoms with Crippen molar-refractivity contribution in [2.75, 3.05) is 19.0 Å². The maximum absolute atomic E-state index is 13.7. The standard InChI is InChI=1S/C22H34ClFN3O9PS/c1-12(2)35-19(29)13(3)26-37(32,33-7-8-38-20(30)22(4,5)6)34-11-14-9-15(23)18(36-14)27-10-16(24)17(28)25-21(27)31/h10,12-15,18H,7-9,11H2,1-6H3,(H,26,32)(H,25,28,31)/t13-,14+,15+,18-,37-/m1/s1. The van der Waals surface area contributed by atoms with Crippen molar-refractivity contribution in [1.82, 2.24) is 14.6 Å². The molecule has 216 valence electrons. The van der Waals surface area contributed by atoms with E-state index >= 15 is 0 Å². The molecule has 0 amide bonds. The number of hydrogen-bond acceptors (Lipinski definition) is 10. The second-order valence-electron chi connectivity index (χ2n) is 9.89. The van der Waals surface area contributed by atoms with Crippen LogP contribution in [0.4, 0.5) is 4.39 Å². The van der Waals surface area contributed by atoms with Gasteiger partial charge in [0.1, 0.15) is 6.04 Å². The predicted molar refractivity (Wildman–Crippen MR) is 140 cm³/mol. The third-order valence-corrected chi connectivity index (χ3v) is 8.36. The van der Waals surface area contributed by atoms with Gasteiger partial charge in [0.05, 0.1) is 37.0 Å². The fourth-order valence-electron chi connectivity index (χ4n) is 3.13. The van der Waals surface area contributed by atoms with Crippen molar-refractivity contribution in [3.63, 3.8) is 0 Å². The summed E-state index contributed by atoms with van der Waals surface area (Å²) in [4.78, 5) is 49.6. The number of halogens is 2. The van der Waals surface area contributed by atoms with Crippen molar-refractivity contribution >= 4 is 42.2 Å². The quantitative estimate of drug-likeness (QED) is 0.157. The van der Waals surface area contributed by atoms with Crippen LogP contribution in [0.15, 0.2) is 15.8 Å². The molecule has 1 fully saturated rings. The average molecular weight is 602 g/mol. The summed E-state index contributed by atoms with van der Waals surface area (Å²) >= 11 is 7.31. The van der Waals surface area contributed by atoms with E-state index in [0.717, 1.165) is 16.3 Å². The number of carbonyl (C=O) groups is 2. The molecule has 16 heteroatoms. The zero-order chi connectivity index (χ0) is 28.8. The Bertz CT molecular complexity index is 1160. The van der Waals surface area contributed by atoms with Crippen molar-refractivity contribution in [3.8, 4) is 0 Å². The summed E-state index contributed by atoms with van der Waals surface area (Å²) in [5.41, 5.74) is -2.65. The summed E-state index contributed by atoms with van der Waals surface area (Å²) in [5.74, 6) is -1.69. The number of alkyl halides is 1. The van der Waals surface area contributed by atoms with E-state index in [2.05, 4.69) is 5.09 Å². The van der Waals surface area contributed by atoms with Gasteiger partial charge < -0.3 is 9.47 Å². The number of rotatable bonds is 12. The Hall–Kier alpha value is -1.54. The number of H-pyrrole nitrogens is 1. The Labute approximate surface area is 228 Å². The number of ether oxygens (including phenoxy) is 2. The molecule has 0 saturated carbocycles. The van der Waals surface area contributed by atoms with Crippen LogP contribution in [0.3, 0.4) is 0 Å². The van der Waals surface area contributed by atoms with Gasteiger partial charge in [0.2, 0.25) is 5.82 Å². The molecule has 0 radical (unpaired) electrons. The topological polar surface area (TPSA) is 155 Å². The van der Waals surface area contributed by atoms with Crippen LogP contribution in [0, 0.1) is 11.2 Å². The van der Waals surface area contributed by atoms with Crippen LogP contribution in [0.5, 0.6) is 0 Å². The first kappa shape index (κ1) is 32.7. The predicted octanol–water partition coefficient (Wildman–Crippen LogP) is 2.95. The van der Waals surface area contributed by atoms with E-state index < -0.39 is 66.1 Å². The third-order valence-electron chi connectivity index (χ3n) is 5.01. The van der Waals surface area contributed by atoms with Crippen molar-refractivity contribution in [3.05, 3.63) is 32.9 Å². The summed E-state index contributed by atoms with van der Waals surface area (Å²) in [6.45, 7) is 9.61. The van der Waals surface area contributed by atoms with Gasteiger partial charge in [-0.25, -0.2) is 14.4 Å². The molecule has 1 aliphatic heterocycles. The summed E-state index contributed by atoms with van der Waals surface area (Å²) in [6.07, 6.45) is -1.51. The number of aromatic amines is 1. The molecule has 38 heavy (non-hydrogen) atoms. The number of esters is 1. The summed E-state index contributed by atoms with van der Waals surface area (Å²) in [5, 5.41) is 1.64. The lowest BCUT2D eigenvalue weighted by molar-refractivity contribution is -0.149. The zero-order valence-electron chi connectivity index (χ0n) is 22.0. The number of nitrogens with one attached hydrogen (secondary N) is 2. The highest BCUT2D eigenvalue weighted by Crippen LogP contribution is 2.46. The first-order valence-corrected chi connectivity index (χ1v) is 14.8. The van der Waals surface area contributed by atoms with E-state index in [-0.39, 0.29) is 30.5 Å². The summed E-state index contributed by atoms with van der Waals surface area (Å²) < 4.78 is 49.9. The molecular weight excluding hydrogens is 568 g/mol. The largest absolute Gasteiger partial charge is 0.462 e. The van der Waals surface area contributed by atoms with Crippen molar-refractivity contribution in [2.24, 2.45) is 5.41 Å². The Morgan fingerprint density at radius 1 is 1.32 bits per heavy atom. The summed E-state index contributed by atoms with van der Waals surface area (Å²) in [6, 6.07) is -1.06. The van der Waals surface area contributed by atoms with Crippen LogP contribution in [0.1, 0.15) is 54.2 Å². The fraction of sp³-hybridized carbons (Fsp3) is 0.727. The molecule has 0 spiro atoms. The van der Waals surface area contributed by atoms with Crippen LogP contribution in [0.2, 0.25) is 0 Å². The van der Waals surface area contributed by atoms with Crippen LogP contribution in [-0.2, 0) is 32.7 Å². The van der Waals surface area contributed by atoms with E-state index in [9.17, 15) is 28.1 Å². The van der Waals surface area contributed by atoms with Gasteiger partial charge in [0, 0.05) is 11.2 Å². The Balaban J connectivity index is 2.08. The van der Waals surface area contributed by atoms with Crippen LogP contribution < -0.4 is 16.3 Å². The first-order chi connectivity index (χ1) is 17.5. The Morgan fingerprint density at radius 2 is 1.97 bits per heavy atom. The van der Waals surface area contributed by atoms with Crippen molar-refractivity contribution in [1.29, 1.82) is 0 Å². The lowest BCUT2D eigenvalue weighted by Gasteiger charge is -2.24. The van der Waals surface area contributed by atoms with Crippen molar-refractivity contribution in [2.45, 2.75) is 77.8 Å². The Morgan fingerprint density at radius 3 is 2.58 bits per heavy atom. The molecule has 0 aromatic carbocycles. The van der Waals surface area contributed by atoms with E-state index in [4.69, 9.17) is 30.1 Å². The SMILES string of the molecule is CC(C)OC(=O)[C@@H](C)N[P@@](=O)(OCCSC(=O)C(C)(C)C)OC[C@@H]1C[C@H](Cl)[C@H](n2cc(F)c(=O)[nH]c2=O)O1. The molecule has 2 rings (SSSR count). The van der Waals surface area contributed by atoms with Crippen LogP contribution >= 0.6 is 31.1 Å². The molecule has 0 bridgehead atoms. The smallest absolute Gasteiger partial charge is 0.406 e. The molecule has 2 heterocycles. The zero-order valence-corrected chi connectivity index (χ0v) is 24.5. The molecular formula is C22H34ClFN3O9PS. The second kappa shape index (κ2) is 13.7. The monoisotopic (exact) mass is 601 g/mol. The van der Waals surface area contributed by atoms with E-state index in [1.54, 1.807) is 34.6 Å². The number of thioether (sulfide) groups is 1. The minimum Gasteiger partial charge on any atom is -0.462 e. The highest BCUT2D eigenvalue weighted by atomic mass is 35.5. The van der Waals surface area contributed by atoms with E-state index in [1.807, 2.05) is 4.98 Å². The van der Waals surface area contributed by atoms with Gasteiger partial charge in [-0.1, -0.05) is 32.5 Å². The molecule has 1 saturated heterocycles. The maximum Gasteiger partial charge on any atom is 0.406 e. The minimum absolute atomic E-state index is 0.0776. The normalized spacial score (nSPS) is 22.3. The van der Waals surface area contributed by atoms with Gasteiger partial charge >= 0.3 is 19.4 Å². The maximum atomic E-state index is 13.7. The average Bonchev–Trinajstić information content (AvgIpc) is 3.17. The fourth-order valence-corrected chi connectivity index (χ4v) is 5.91. The number of aromatic nitrogens is 2. The molecule has 1 aliphatic rings. The number of carbonyl (C=O) groups excluding carboxylic acids is 2. The number of hydrogen-bond donors (Lipinski definition) is 2. The van der Waals surface area contributed by atoms with Gasteiger partial charge in [-0.15, -0.1) is 11.6 Å². The highest BCUT2D eigenvalue weighted by Gasteiger charge is 2.39. The van der Waals surface area contributed by atoms with Crippen molar-refractivity contribution < 1.29 is 37.1 Å². The Kier molecular flexibility index (Phi) is 11.8. The third kappa shape index (κ3) is 9.58. The first-order valence-electron chi connectivity index (χ1n) is 11.9. The lowest BCUT2D eigenvalue weighted by Crippen LogP contribution is -2.36. The molecule has 0 unspecified atom stereocenters. The molecule has 12 nitrogen and oxygen atoms in total. The minimum atomic E-state index is -4.14. The highest BCUT2D eigenvalue weighted by molar-refractivity contribution is 8.13. The summed E-state index contributed by atoms with van der Waals surface area (Å²) in [7, 11) is -4.14. The van der Waals surface area contributed by atoms with Gasteiger partial charge in [-0.05, 0) is 27.2 Å². The van der Waals surface area contributed by atoms with Gasteiger partial charge in [-0.3, -0.25) is 33.0 Å². The molecule has 5 atom stereocenters. The van der Waals surface area contributed by atoms with Gasteiger partial charge in [0.25, 0.3) is 5.56 Å². The molecule has 1 aromatic heterocycles. The lowest BCUT2D eigenvalue weighted by atomic mass is 10.00.